The Kier molecular flexibility index (Phi) is 8.38. The molecule has 1 aliphatic rings. The topological polar surface area (TPSA) is 89.5 Å². The van der Waals surface area contributed by atoms with E-state index in [1.165, 1.54) is 0 Å². The summed E-state index contributed by atoms with van der Waals surface area (Å²) in [4.78, 5) is 11.2. The Bertz CT molecular complexity index is 879. The molecule has 1 aromatic carbocycles. The lowest BCUT2D eigenvalue weighted by Gasteiger charge is -2.32. The summed E-state index contributed by atoms with van der Waals surface area (Å²) in [7, 11) is 6.54. The summed E-state index contributed by atoms with van der Waals surface area (Å²) in [6.07, 6.45) is 2.13. The van der Waals surface area contributed by atoms with Crippen LogP contribution >= 0.6 is 0 Å². The molecule has 1 fully saturated rings. The first-order chi connectivity index (χ1) is 15.6. The van der Waals surface area contributed by atoms with Gasteiger partial charge < -0.3 is 34.5 Å². The highest BCUT2D eigenvalue weighted by Crippen LogP contribution is 2.38. The largest absolute Gasteiger partial charge is 0.493 e. The summed E-state index contributed by atoms with van der Waals surface area (Å²) < 4.78 is 21.8. The van der Waals surface area contributed by atoms with E-state index >= 15 is 0 Å². The molecule has 0 saturated carbocycles. The van der Waals surface area contributed by atoms with Crippen molar-refractivity contribution in [2.45, 2.75) is 26.1 Å². The molecule has 0 spiro atoms. The van der Waals surface area contributed by atoms with Gasteiger partial charge in [0.2, 0.25) is 5.75 Å². The Hall–Kier alpha value is -3.20. The SMILES string of the molecule is CN=C(NCc1ccc(N2CCOC(C)C2)nc1)NCc1cc(OC)c(OC)c(OC)c1. The van der Waals surface area contributed by atoms with Crippen molar-refractivity contribution < 1.29 is 18.9 Å². The summed E-state index contributed by atoms with van der Waals surface area (Å²) in [6.45, 7) is 5.71. The van der Waals surface area contributed by atoms with Gasteiger partial charge in [-0.1, -0.05) is 6.07 Å². The van der Waals surface area contributed by atoms with Gasteiger partial charge in [-0.25, -0.2) is 4.98 Å². The number of aromatic nitrogens is 1. The van der Waals surface area contributed by atoms with Crippen molar-refractivity contribution in [2.75, 3.05) is 53.0 Å². The number of hydrogen-bond acceptors (Lipinski definition) is 7. The lowest BCUT2D eigenvalue weighted by Crippen LogP contribution is -2.41. The molecule has 0 aliphatic carbocycles. The quantitative estimate of drug-likeness (QED) is 0.474. The molecular weight excluding hydrogens is 410 g/mol. The molecule has 1 aromatic heterocycles. The first-order valence-corrected chi connectivity index (χ1v) is 10.6. The van der Waals surface area contributed by atoms with Gasteiger partial charge in [-0.3, -0.25) is 4.99 Å². The molecule has 0 radical (unpaired) electrons. The van der Waals surface area contributed by atoms with Crippen LogP contribution in [0.15, 0.2) is 35.5 Å². The third kappa shape index (κ3) is 5.94. The van der Waals surface area contributed by atoms with Crippen LogP contribution in [0.4, 0.5) is 5.82 Å². The third-order valence-electron chi connectivity index (χ3n) is 5.24. The van der Waals surface area contributed by atoms with Gasteiger partial charge in [0.25, 0.3) is 0 Å². The standard InChI is InChI=1S/C23H33N5O4/c1-16-15-28(8-9-32-16)21-7-6-17(12-25-21)13-26-23(24-2)27-14-18-10-19(29-3)22(31-5)20(11-18)30-4/h6-7,10-12,16H,8-9,13-15H2,1-5H3,(H2,24,26,27). The molecule has 2 heterocycles. The number of methoxy groups -OCH3 is 3. The Balaban J connectivity index is 1.55. The molecule has 2 N–H and O–H groups in total. The maximum absolute atomic E-state index is 5.60. The zero-order valence-corrected chi connectivity index (χ0v) is 19.5. The second-order valence-corrected chi connectivity index (χ2v) is 7.46. The summed E-state index contributed by atoms with van der Waals surface area (Å²) in [5, 5.41) is 6.63. The van der Waals surface area contributed by atoms with Gasteiger partial charge in [-0.2, -0.15) is 0 Å². The maximum Gasteiger partial charge on any atom is 0.203 e. The number of morpholine rings is 1. The number of pyridine rings is 1. The number of hydrogen-bond donors (Lipinski definition) is 2. The second kappa shape index (κ2) is 11.4. The molecule has 9 nitrogen and oxygen atoms in total. The van der Waals surface area contributed by atoms with E-state index in [1.54, 1.807) is 28.4 Å². The molecule has 0 bridgehead atoms. The highest BCUT2D eigenvalue weighted by Gasteiger charge is 2.17. The van der Waals surface area contributed by atoms with E-state index in [1.807, 2.05) is 18.3 Å². The van der Waals surface area contributed by atoms with Gasteiger partial charge in [-0.15, -0.1) is 0 Å². The van der Waals surface area contributed by atoms with E-state index in [0.29, 0.717) is 36.3 Å². The summed E-state index contributed by atoms with van der Waals surface area (Å²) >= 11 is 0. The number of guanidine groups is 1. The van der Waals surface area contributed by atoms with Crippen LogP contribution in [0.5, 0.6) is 17.2 Å². The van der Waals surface area contributed by atoms with E-state index in [0.717, 1.165) is 36.6 Å². The fraction of sp³-hybridized carbons (Fsp3) is 0.478. The minimum absolute atomic E-state index is 0.229. The Labute approximate surface area is 189 Å². The molecule has 2 aromatic rings. The van der Waals surface area contributed by atoms with Crippen LogP contribution in [0.3, 0.4) is 0 Å². The van der Waals surface area contributed by atoms with Crippen molar-refractivity contribution in [3.8, 4) is 17.2 Å². The van der Waals surface area contributed by atoms with Crippen LogP contribution in [0, 0.1) is 0 Å². The van der Waals surface area contributed by atoms with Crippen LogP contribution in [0.2, 0.25) is 0 Å². The van der Waals surface area contributed by atoms with E-state index in [2.05, 4.69) is 44.6 Å². The molecule has 1 aliphatic heterocycles. The molecular formula is C23H33N5O4. The van der Waals surface area contributed by atoms with Crippen LogP contribution in [-0.4, -0.2) is 65.1 Å². The fourth-order valence-electron chi connectivity index (χ4n) is 3.56. The number of ether oxygens (including phenoxy) is 4. The summed E-state index contributed by atoms with van der Waals surface area (Å²) in [5.41, 5.74) is 2.05. The lowest BCUT2D eigenvalue weighted by atomic mass is 10.2. The van der Waals surface area contributed by atoms with Crippen LogP contribution in [0.25, 0.3) is 0 Å². The van der Waals surface area contributed by atoms with Crippen molar-refractivity contribution in [3.05, 3.63) is 41.6 Å². The average Bonchev–Trinajstić information content (AvgIpc) is 2.83. The van der Waals surface area contributed by atoms with Gasteiger partial charge in [0.05, 0.1) is 34.0 Å². The smallest absolute Gasteiger partial charge is 0.203 e. The van der Waals surface area contributed by atoms with Crippen molar-refractivity contribution in [3.63, 3.8) is 0 Å². The monoisotopic (exact) mass is 443 g/mol. The predicted molar refractivity (Wildman–Crippen MR) is 125 cm³/mol. The second-order valence-electron chi connectivity index (χ2n) is 7.46. The van der Waals surface area contributed by atoms with Gasteiger partial charge in [0.15, 0.2) is 17.5 Å². The number of anilines is 1. The van der Waals surface area contributed by atoms with E-state index in [4.69, 9.17) is 18.9 Å². The molecule has 3 rings (SSSR count). The molecule has 1 atom stereocenters. The van der Waals surface area contributed by atoms with Crippen molar-refractivity contribution in [1.29, 1.82) is 0 Å². The zero-order valence-electron chi connectivity index (χ0n) is 19.5. The first-order valence-electron chi connectivity index (χ1n) is 10.6. The zero-order chi connectivity index (χ0) is 22.9. The third-order valence-corrected chi connectivity index (χ3v) is 5.24. The number of nitrogens with zero attached hydrogens (tertiary/aromatic N) is 3. The van der Waals surface area contributed by atoms with Crippen molar-refractivity contribution in [1.82, 2.24) is 15.6 Å². The Morgan fingerprint density at radius 1 is 1.09 bits per heavy atom. The van der Waals surface area contributed by atoms with Crippen LogP contribution < -0.4 is 29.7 Å². The average molecular weight is 444 g/mol. The molecule has 1 unspecified atom stereocenters. The van der Waals surface area contributed by atoms with E-state index in [-0.39, 0.29) is 6.10 Å². The van der Waals surface area contributed by atoms with E-state index in [9.17, 15) is 0 Å². The van der Waals surface area contributed by atoms with Gasteiger partial charge in [0, 0.05) is 39.4 Å². The number of aliphatic imine (C=N–C) groups is 1. The van der Waals surface area contributed by atoms with E-state index < -0.39 is 0 Å². The highest BCUT2D eigenvalue weighted by molar-refractivity contribution is 5.79. The highest BCUT2D eigenvalue weighted by atomic mass is 16.5. The minimum atomic E-state index is 0.229. The molecule has 0 amide bonds. The molecule has 1 saturated heterocycles. The summed E-state index contributed by atoms with van der Waals surface area (Å²) in [5.74, 6) is 3.47. The minimum Gasteiger partial charge on any atom is -0.493 e. The molecule has 32 heavy (non-hydrogen) atoms. The molecule has 9 heteroatoms. The number of nitrogens with one attached hydrogen (secondary N) is 2. The Morgan fingerprint density at radius 2 is 1.78 bits per heavy atom. The van der Waals surface area contributed by atoms with Gasteiger partial charge >= 0.3 is 0 Å². The van der Waals surface area contributed by atoms with Crippen LogP contribution in [-0.2, 0) is 17.8 Å². The van der Waals surface area contributed by atoms with Crippen molar-refractivity contribution >= 4 is 11.8 Å². The van der Waals surface area contributed by atoms with Crippen molar-refractivity contribution in [2.24, 2.45) is 4.99 Å². The number of rotatable bonds is 8. The first kappa shape index (κ1) is 23.5. The maximum atomic E-state index is 5.60. The summed E-state index contributed by atoms with van der Waals surface area (Å²) in [6, 6.07) is 7.97. The lowest BCUT2D eigenvalue weighted by molar-refractivity contribution is 0.0529. The van der Waals surface area contributed by atoms with Crippen LogP contribution in [0.1, 0.15) is 18.1 Å². The Morgan fingerprint density at radius 3 is 2.31 bits per heavy atom. The number of benzene rings is 1. The van der Waals surface area contributed by atoms with Gasteiger partial charge in [0.1, 0.15) is 5.82 Å². The van der Waals surface area contributed by atoms with Gasteiger partial charge in [-0.05, 0) is 36.2 Å². The normalized spacial score (nSPS) is 16.5. The molecule has 174 valence electrons. The fourth-order valence-corrected chi connectivity index (χ4v) is 3.56. The predicted octanol–water partition coefficient (Wildman–Crippen LogP) is 2.20.